The highest BCUT2D eigenvalue weighted by Crippen LogP contribution is 2.27. The number of unbranched alkanes of at least 4 members (excludes halogenated alkanes) is 3. The maximum Gasteiger partial charge on any atom is 0.328 e. The van der Waals surface area contributed by atoms with Crippen LogP contribution in [0.3, 0.4) is 0 Å². The van der Waals surface area contributed by atoms with Gasteiger partial charge in [0.15, 0.2) is 0 Å². The molecule has 0 bridgehead atoms. The van der Waals surface area contributed by atoms with E-state index >= 15 is 0 Å². The number of aromatic nitrogens is 1. The lowest BCUT2D eigenvalue weighted by atomic mass is 10.1. The topological polar surface area (TPSA) is 108 Å². The molecule has 0 aliphatic rings. The number of nitrogens with zero attached hydrogens (tertiary/aromatic N) is 2. The van der Waals surface area contributed by atoms with Crippen LogP contribution in [-0.2, 0) is 16.0 Å². The summed E-state index contributed by atoms with van der Waals surface area (Å²) in [7, 11) is 4.25. The minimum atomic E-state index is -1.26. The molecule has 2 aromatic heterocycles. The molecule has 0 spiro atoms. The number of aliphatic carboxylic acids is 2. The van der Waals surface area contributed by atoms with Crippen molar-refractivity contribution in [3.63, 3.8) is 0 Å². The number of hydrogen-bond acceptors (Lipinski definition) is 7. The van der Waals surface area contributed by atoms with Crippen molar-refractivity contribution in [3.8, 4) is 0 Å². The van der Waals surface area contributed by atoms with Crippen molar-refractivity contribution in [1.82, 2.24) is 9.88 Å². The van der Waals surface area contributed by atoms with Gasteiger partial charge in [-0.1, -0.05) is 32.8 Å². The number of ketones is 1. The Morgan fingerprint density at radius 3 is 2.25 bits per heavy atom. The molecule has 0 amide bonds. The van der Waals surface area contributed by atoms with Crippen LogP contribution in [0.4, 0.5) is 0 Å². The van der Waals surface area contributed by atoms with Crippen molar-refractivity contribution in [3.05, 3.63) is 57.9 Å². The van der Waals surface area contributed by atoms with Gasteiger partial charge in [-0.15, -0.1) is 23.1 Å². The zero-order valence-electron chi connectivity index (χ0n) is 21.6. The monoisotopic (exact) mass is 534 g/mol. The van der Waals surface area contributed by atoms with E-state index in [4.69, 9.17) is 15.2 Å². The molecule has 36 heavy (non-hydrogen) atoms. The van der Waals surface area contributed by atoms with Crippen molar-refractivity contribution in [1.29, 1.82) is 0 Å². The predicted octanol–water partition coefficient (Wildman–Crippen LogP) is 5.89. The van der Waals surface area contributed by atoms with Crippen molar-refractivity contribution >= 4 is 40.8 Å². The molecular weight excluding hydrogens is 496 g/mol. The van der Waals surface area contributed by atoms with Crippen LogP contribution < -0.4 is 0 Å². The summed E-state index contributed by atoms with van der Waals surface area (Å²) in [6, 6.07) is 7.86. The number of carbonyl (C=O) groups is 3. The van der Waals surface area contributed by atoms with Gasteiger partial charge in [0.1, 0.15) is 5.03 Å². The van der Waals surface area contributed by atoms with Gasteiger partial charge >= 0.3 is 11.9 Å². The summed E-state index contributed by atoms with van der Waals surface area (Å²) in [5.74, 6) is -0.730. The average molecular weight is 535 g/mol. The average Bonchev–Trinajstić information content (AvgIpc) is 3.36. The van der Waals surface area contributed by atoms with E-state index in [0.29, 0.717) is 18.1 Å². The van der Waals surface area contributed by atoms with E-state index in [1.165, 1.54) is 37.0 Å². The molecule has 9 heteroatoms. The molecular formula is C27H38N2O5S2. The zero-order valence-corrected chi connectivity index (χ0v) is 23.2. The summed E-state index contributed by atoms with van der Waals surface area (Å²) in [5.41, 5.74) is 1.86. The van der Waals surface area contributed by atoms with Gasteiger partial charge in [-0.25, -0.2) is 14.6 Å². The van der Waals surface area contributed by atoms with Gasteiger partial charge in [0.2, 0.25) is 5.78 Å². The minimum absolute atomic E-state index is 0.103. The summed E-state index contributed by atoms with van der Waals surface area (Å²) in [5, 5.41) is 18.5. The Morgan fingerprint density at radius 1 is 1.03 bits per heavy atom. The van der Waals surface area contributed by atoms with Crippen molar-refractivity contribution < 1.29 is 24.6 Å². The first-order valence-electron chi connectivity index (χ1n) is 12.1. The van der Waals surface area contributed by atoms with Crippen molar-refractivity contribution in [2.75, 3.05) is 26.4 Å². The Morgan fingerprint density at radius 2 is 1.69 bits per heavy atom. The summed E-state index contributed by atoms with van der Waals surface area (Å²) >= 11 is 3.25. The molecule has 198 valence electrons. The molecule has 0 saturated heterocycles. The molecule has 0 unspecified atom stereocenters. The first-order valence-corrected chi connectivity index (χ1v) is 14.0. The Hall–Kier alpha value is -2.49. The number of pyridine rings is 1. The fourth-order valence-corrected chi connectivity index (χ4v) is 4.79. The van der Waals surface area contributed by atoms with Crippen LogP contribution in [-0.4, -0.2) is 64.2 Å². The van der Waals surface area contributed by atoms with Gasteiger partial charge in [0, 0.05) is 17.8 Å². The van der Waals surface area contributed by atoms with Crippen LogP contribution >= 0.6 is 23.1 Å². The van der Waals surface area contributed by atoms with E-state index < -0.39 is 11.9 Å². The fourth-order valence-electron chi connectivity index (χ4n) is 3.07. The lowest BCUT2D eigenvalue weighted by Gasteiger charge is -2.11. The molecule has 0 saturated carbocycles. The van der Waals surface area contributed by atoms with E-state index in [0.717, 1.165) is 46.3 Å². The largest absolute Gasteiger partial charge is 0.478 e. The Kier molecular flexibility index (Phi) is 15.6. The summed E-state index contributed by atoms with van der Waals surface area (Å²) in [4.78, 5) is 39.9. The van der Waals surface area contributed by atoms with Crippen molar-refractivity contribution in [2.24, 2.45) is 5.92 Å². The third-order valence-electron chi connectivity index (χ3n) is 4.99. The number of carbonyl (C=O) groups excluding carboxylic acids is 1. The zero-order chi connectivity index (χ0) is 26.9. The predicted molar refractivity (Wildman–Crippen MR) is 147 cm³/mol. The van der Waals surface area contributed by atoms with Gasteiger partial charge in [0.05, 0.1) is 10.4 Å². The molecule has 0 radical (unpaired) electrons. The van der Waals surface area contributed by atoms with Crippen LogP contribution in [0.15, 0.2) is 46.8 Å². The van der Waals surface area contributed by atoms with Gasteiger partial charge in [-0.05, 0) is 81.6 Å². The highest BCUT2D eigenvalue weighted by atomic mass is 32.2. The summed E-state index contributed by atoms with van der Waals surface area (Å²) in [6.07, 6.45) is 8.14. The number of aryl methyl sites for hydroxylation is 1. The first-order chi connectivity index (χ1) is 17.1. The SMILES string of the molecule is CC(C)CCc1ccc(C(=O)c2cccs2)c(SCCCCCCN(C)C)n1.O=C(O)/C=C/C(=O)O. The van der Waals surface area contributed by atoms with Gasteiger partial charge in [0.25, 0.3) is 0 Å². The molecule has 7 nitrogen and oxygen atoms in total. The van der Waals surface area contributed by atoms with Crippen LogP contribution in [0.1, 0.15) is 66.9 Å². The number of rotatable bonds is 15. The summed E-state index contributed by atoms with van der Waals surface area (Å²) < 4.78 is 0. The highest BCUT2D eigenvalue weighted by Gasteiger charge is 2.17. The molecule has 0 fully saturated rings. The molecule has 0 aromatic carbocycles. The smallest absolute Gasteiger partial charge is 0.328 e. The van der Waals surface area contributed by atoms with Gasteiger partial charge in [-0.3, -0.25) is 4.79 Å². The molecule has 0 atom stereocenters. The van der Waals surface area contributed by atoms with Crippen molar-refractivity contribution in [2.45, 2.75) is 57.4 Å². The minimum Gasteiger partial charge on any atom is -0.478 e. The normalized spacial score (nSPS) is 11.1. The fraction of sp³-hybridized carbons (Fsp3) is 0.481. The van der Waals surface area contributed by atoms with Gasteiger partial charge < -0.3 is 15.1 Å². The van der Waals surface area contributed by atoms with Crippen LogP contribution in [0.5, 0.6) is 0 Å². The first kappa shape index (κ1) is 31.5. The molecule has 2 rings (SSSR count). The second-order valence-corrected chi connectivity index (χ2v) is 11.0. The van der Waals surface area contributed by atoms with E-state index in [-0.39, 0.29) is 5.78 Å². The highest BCUT2D eigenvalue weighted by molar-refractivity contribution is 7.99. The standard InChI is InChI=1S/C23H34N2OS2.C4H4O4/c1-18(2)11-12-19-13-14-20(22(26)21-10-9-17-27-21)23(24-19)28-16-8-6-5-7-15-25(3)4;5-3(6)1-2-4(7)8/h9-10,13-14,17-18H,5-8,11-12,15-16H2,1-4H3;1-2H,(H,5,6)(H,7,8)/b;2-1+. The molecule has 2 aromatic rings. The quantitative estimate of drug-likeness (QED) is 0.126. The maximum atomic E-state index is 12.9. The van der Waals surface area contributed by atoms with Crippen LogP contribution in [0.2, 0.25) is 0 Å². The second-order valence-electron chi connectivity index (χ2n) is 8.97. The molecule has 0 aliphatic carbocycles. The maximum absolute atomic E-state index is 12.9. The summed E-state index contributed by atoms with van der Waals surface area (Å²) in [6.45, 7) is 5.63. The third-order valence-corrected chi connectivity index (χ3v) is 6.94. The number of hydrogen-bond donors (Lipinski definition) is 2. The van der Waals surface area contributed by atoms with E-state index in [1.54, 1.807) is 11.8 Å². The Labute approximate surface area is 222 Å². The van der Waals surface area contributed by atoms with E-state index in [2.05, 4.69) is 32.8 Å². The number of carboxylic acid groups (broad SMARTS) is 2. The molecule has 2 heterocycles. The van der Waals surface area contributed by atoms with Crippen LogP contribution in [0.25, 0.3) is 0 Å². The lowest BCUT2D eigenvalue weighted by molar-refractivity contribution is -0.134. The molecule has 2 N–H and O–H groups in total. The number of thiophene rings is 1. The van der Waals surface area contributed by atoms with Gasteiger partial charge in [-0.2, -0.15) is 0 Å². The second kappa shape index (κ2) is 17.9. The van der Waals surface area contributed by atoms with Crippen LogP contribution in [0, 0.1) is 5.92 Å². The number of carboxylic acids is 2. The molecule has 0 aliphatic heterocycles. The van der Waals surface area contributed by atoms with E-state index in [1.807, 2.05) is 29.6 Å². The van der Waals surface area contributed by atoms with E-state index in [9.17, 15) is 14.4 Å². The third kappa shape index (κ3) is 14.2. The lowest BCUT2D eigenvalue weighted by Crippen LogP contribution is -2.12. The number of thioether (sulfide) groups is 1. The Balaban J connectivity index is 0.000000697. The Bertz CT molecular complexity index is 957.